The second kappa shape index (κ2) is 4.86. The highest BCUT2D eigenvalue weighted by molar-refractivity contribution is 9.10. The third-order valence-corrected chi connectivity index (χ3v) is 4.14. The van der Waals surface area contributed by atoms with Crippen LogP contribution in [-0.2, 0) is 0 Å². The lowest BCUT2D eigenvalue weighted by molar-refractivity contribution is 0.432. The predicted octanol–water partition coefficient (Wildman–Crippen LogP) is 2.43. The lowest BCUT2D eigenvalue weighted by Gasteiger charge is -2.40. The molecule has 2 heterocycles. The van der Waals surface area contributed by atoms with E-state index in [-0.39, 0.29) is 0 Å². The number of anilines is 2. The molecule has 2 aliphatic rings. The maximum absolute atomic E-state index is 3.54. The summed E-state index contributed by atoms with van der Waals surface area (Å²) in [4.78, 5) is 2.56. The van der Waals surface area contributed by atoms with E-state index in [1.165, 1.54) is 30.8 Å². The smallest absolute Gasteiger partial charge is 0.0606 e. The highest BCUT2D eigenvalue weighted by Crippen LogP contribution is 2.33. The maximum Gasteiger partial charge on any atom is 0.0606 e. The Kier molecular flexibility index (Phi) is 3.25. The minimum absolute atomic E-state index is 0.658. The molecule has 17 heavy (non-hydrogen) atoms. The molecule has 2 aliphatic heterocycles. The fourth-order valence-corrected chi connectivity index (χ4v) is 3.17. The summed E-state index contributed by atoms with van der Waals surface area (Å²) in [6, 6.07) is 7.19. The van der Waals surface area contributed by atoms with Gasteiger partial charge in [0, 0.05) is 30.1 Å². The van der Waals surface area contributed by atoms with Crippen molar-refractivity contribution in [3.05, 3.63) is 22.7 Å². The molecule has 0 radical (unpaired) electrons. The van der Waals surface area contributed by atoms with E-state index < -0.39 is 0 Å². The molecule has 1 saturated heterocycles. The monoisotopic (exact) mass is 295 g/mol. The fourth-order valence-electron chi connectivity index (χ4n) is 2.81. The first kappa shape index (κ1) is 11.4. The first-order chi connectivity index (χ1) is 8.34. The number of hydrogen-bond acceptors (Lipinski definition) is 3. The molecule has 1 fully saturated rings. The lowest BCUT2D eigenvalue weighted by atomic mass is 10.0. The molecule has 0 aromatic heterocycles. The molecule has 1 aromatic rings. The van der Waals surface area contributed by atoms with Crippen LogP contribution < -0.4 is 15.5 Å². The summed E-state index contributed by atoms with van der Waals surface area (Å²) in [6.45, 7) is 4.45. The molecule has 1 unspecified atom stereocenters. The number of fused-ring (bicyclic) bond motifs is 1. The van der Waals surface area contributed by atoms with Gasteiger partial charge in [-0.1, -0.05) is 15.9 Å². The summed E-state index contributed by atoms with van der Waals surface area (Å²) < 4.78 is 1.15. The molecule has 0 aliphatic carbocycles. The van der Waals surface area contributed by atoms with E-state index in [1.807, 2.05) is 0 Å². The third-order valence-electron chi connectivity index (χ3n) is 3.65. The van der Waals surface area contributed by atoms with Gasteiger partial charge in [0.25, 0.3) is 0 Å². The summed E-state index contributed by atoms with van der Waals surface area (Å²) in [5.74, 6) is 0. The molecule has 2 N–H and O–H groups in total. The normalized spacial score (nSPS) is 24.1. The van der Waals surface area contributed by atoms with E-state index in [9.17, 15) is 0 Å². The van der Waals surface area contributed by atoms with Crippen molar-refractivity contribution in [3.8, 4) is 0 Å². The second-order valence-electron chi connectivity index (χ2n) is 4.78. The van der Waals surface area contributed by atoms with Crippen LogP contribution in [0.5, 0.6) is 0 Å². The molecule has 0 spiro atoms. The van der Waals surface area contributed by atoms with Crippen LogP contribution >= 0.6 is 15.9 Å². The average molecular weight is 296 g/mol. The zero-order valence-corrected chi connectivity index (χ0v) is 11.5. The Balaban J connectivity index is 1.88. The van der Waals surface area contributed by atoms with Crippen LogP contribution in [0.3, 0.4) is 0 Å². The lowest BCUT2D eigenvalue weighted by Crippen LogP contribution is -2.49. The van der Waals surface area contributed by atoms with Crippen LogP contribution in [-0.4, -0.2) is 32.2 Å². The zero-order chi connectivity index (χ0) is 11.7. The highest BCUT2D eigenvalue weighted by atomic mass is 79.9. The number of nitrogens with one attached hydrogen (secondary N) is 2. The van der Waals surface area contributed by atoms with Gasteiger partial charge in [-0.2, -0.15) is 0 Å². The van der Waals surface area contributed by atoms with Gasteiger partial charge >= 0.3 is 0 Å². The van der Waals surface area contributed by atoms with Gasteiger partial charge < -0.3 is 15.5 Å². The summed E-state index contributed by atoms with van der Waals surface area (Å²) >= 11 is 3.54. The summed E-state index contributed by atoms with van der Waals surface area (Å²) in [5, 5.41) is 6.98. The summed E-state index contributed by atoms with van der Waals surface area (Å²) in [7, 11) is 0. The van der Waals surface area contributed by atoms with Crippen LogP contribution in [0.2, 0.25) is 0 Å². The largest absolute Gasteiger partial charge is 0.382 e. The predicted molar refractivity (Wildman–Crippen MR) is 75.9 cm³/mol. The maximum atomic E-state index is 3.54. The van der Waals surface area contributed by atoms with Gasteiger partial charge in [-0.3, -0.25) is 0 Å². The SMILES string of the molecule is Brc1ccc2c(c1)NCCN2C1CCCNC1. The number of piperidine rings is 1. The van der Waals surface area contributed by atoms with Gasteiger partial charge in [0.2, 0.25) is 0 Å². The van der Waals surface area contributed by atoms with Gasteiger partial charge in [0.15, 0.2) is 0 Å². The first-order valence-electron chi connectivity index (χ1n) is 6.35. The quantitative estimate of drug-likeness (QED) is 0.833. The zero-order valence-electron chi connectivity index (χ0n) is 9.88. The van der Waals surface area contributed by atoms with Crippen molar-refractivity contribution in [2.75, 3.05) is 36.4 Å². The van der Waals surface area contributed by atoms with Crippen molar-refractivity contribution in [2.45, 2.75) is 18.9 Å². The van der Waals surface area contributed by atoms with E-state index in [0.29, 0.717) is 6.04 Å². The number of halogens is 1. The van der Waals surface area contributed by atoms with Crippen molar-refractivity contribution < 1.29 is 0 Å². The topological polar surface area (TPSA) is 27.3 Å². The Morgan fingerprint density at radius 2 is 2.24 bits per heavy atom. The van der Waals surface area contributed by atoms with E-state index in [2.05, 4.69) is 49.7 Å². The highest BCUT2D eigenvalue weighted by Gasteiger charge is 2.25. The van der Waals surface area contributed by atoms with E-state index in [4.69, 9.17) is 0 Å². The Bertz CT molecular complexity index is 402. The van der Waals surface area contributed by atoms with Crippen LogP contribution in [0.1, 0.15) is 12.8 Å². The Labute approximate surface area is 111 Å². The fraction of sp³-hybridized carbons (Fsp3) is 0.538. The molecule has 3 rings (SSSR count). The minimum Gasteiger partial charge on any atom is -0.382 e. The summed E-state index contributed by atoms with van der Waals surface area (Å²) in [5.41, 5.74) is 2.62. The van der Waals surface area contributed by atoms with E-state index in [0.717, 1.165) is 24.1 Å². The minimum atomic E-state index is 0.658. The van der Waals surface area contributed by atoms with Crippen molar-refractivity contribution in [1.82, 2.24) is 5.32 Å². The van der Waals surface area contributed by atoms with Crippen molar-refractivity contribution in [3.63, 3.8) is 0 Å². The molecule has 92 valence electrons. The molecular formula is C13H18BrN3. The Morgan fingerprint density at radius 3 is 3.06 bits per heavy atom. The van der Waals surface area contributed by atoms with Crippen LogP contribution in [0.15, 0.2) is 22.7 Å². The van der Waals surface area contributed by atoms with E-state index in [1.54, 1.807) is 0 Å². The third kappa shape index (κ3) is 2.29. The van der Waals surface area contributed by atoms with Crippen molar-refractivity contribution in [1.29, 1.82) is 0 Å². The number of hydrogen-bond donors (Lipinski definition) is 2. The van der Waals surface area contributed by atoms with E-state index >= 15 is 0 Å². The van der Waals surface area contributed by atoms with Crippen LogP contribution in [0, 0.1) is 0 Å². The molecule has 4 heteroatoms. The number of nitrogens with zero attached hydrogens (tertiary/aromatic N) is 1. The molecule has 0 saturated carbocycles. The van der Waals surface area contributed by atoms with Gasteiger partial charge in [-0.15, -0.1) is 0 Å². The molecule has 3 nitrogen and oxygen atoms in total. The molecule has 1 atom stereocenters. The van der Waals surface area contributed by atoms with Gasteiger partial charge in [-0.05, 0) is 37.6 Å². The molecule has 0 amide bonds. The molecular weight excluding hydrogens is 278 g/mol. The Morgan fingerprint density at radius 1 is 1.29 bits per heavy atom. The molecule has 1 aromatic carbocycles. The number of rotatable bonds is 1. The summed E-state index contributed by atoms with van der Waals surface area (Å²) in [6.07, 6.45) is 2.60. The average Bonchev–Trinajstić information content (AvgIpc) is 2.39. The van der Waals surface area contributed by atoms with Gasteiger partial charge in [-0.25, -0.2) is 0 Å². The van der Waals surface area contributed by atoms with Gasteiger partial charge in [0.1, 0.15) is 0 Å². The number of benzene rings is 1. The van der Waals surface area contributed by atoms with Crippen molar-refractivity contribution in [2.24, 2.45) is 0 Å². The van der Waals surface area contributed by atoms with Crippen molar-refractivity contribution >= 4 is 27.3 Å². The van der Waals surface area contributed by atoms with Gasteiger partial charge in [0.05, 0.1) is 11.4 Å². The van der Waals surface area contributed by atoms with Crippen LogP contribution in [0.25, 0.3) is 0 Å². The first-order valence-corrected chi connectivity index (χ1v) is 7.15. The standard InChI is InChI=1S/C13H18BrN3/c14-10-3-4-13-12(8-10)16-6-7-17(13)11-2-1-5-15-9-11/h3-4,8,11,15-16H,1-2,5-7,9H2. The Hall–Kier alpha value is -0.740. The molecule has 0 bridgehead atoms. The van der Waals surface area contributed by atoms with Crippen LogP contribution in [0.4, 0.5) is 11.4 Å². The second-order valence-corrected chi connectivity index (χ2v) is 5.70.